The first-order chi connectivity index (χ1) is 7.33. The van der Waals surface area contributed by atoms with E-state index in [-0.39, 0.29) is 0 Å². The van der Waals surface area contributed by atoms with Crippen molar-refractivity contribution < 1.29 is 0 Å². The zero-order chi connectivity index (χ0) is 10.7. The van der Waals surface area contributed by atoms with Gasteiger partial charge in [-0.3, -0.25) is 0 Å². The van der Waals surface area contributed by atoms with Crippen LogP contribution in [-0.4, -0.2) is 15.0 Å². The zero-order valence-electron chi connectivity index (χ0n) is 8.52. The second kappa shape index (κ2) is 4.57. The number of para-hydroxylation sites is 1. The fourth-order valence-electron chi connectivity index (χ4n) is 1.38. The van der Waals surface area contributed by atoms with Gasteiger partial charge in [-0.05, 0) is 34.5 Å². The molecule has 0 amide bonds. The molecule has 0 radical (unpaired) electrons. The molecule has 0 saturated heterocycles. The third-order valence-corrected chi connectivity index (χ3v) is 2.82. The van der Waals surface area contributed by atoms with E-state index in [0.717, 1.165) is 28.5 Å². The Morgan fingerprint density at radius 2 is 2.27 bits per heavy atom. The summed E-state index contributed by atoms with van der Waals surface area (Å²) in [6.45, 7) is 2.15. The Labute approximate surface area is 96.9 Å². The standard InChI is InChI=1S/C11H12BrN3/c1-2-3-8-11(12)15-10-7-5-4-6-9(10)13-14-15/h4-8H,2-3H2,1H3/b11-8+. The summed E-state index contributed by atoms with van der Waals surface area (Å²) < 4.78 is 2.77. The molecule has 3 nitrogen and oxygen atoms in total. The molecule has 0 atom stereocenters. The van der Waals surface area contributed by atoms with Gasteiger partial charge in [-0.1, -0.05) is 36.8 Å². The van der Waals surface area contributed by atoms with E-state index < -0.39 is 0 Å². The number of rotatable bonds is 3. The average Bonchev–Trinajstić information content (AvgIpc) is 2.69. The average molecular weight is 266 g/mol. The van der Waals surface area contributed by atoms with Crippen molar-refractivity contribution in [3.05, 3.63) is 30.3 Å². The number of nitrogens with zero attached hydrogens (tertiary/aromatic N) is 3. The molecular formula is C11H12BrN3. The number of benzene rings is 1. The first kappa shape index (κ1) is 10.4. The van der Waals surface area contributed by atoms with Crippen LogP contribution in [0.3, 0.4) is 0 Å². The Balaban J connectivity index is 2.43. The van der Waals surface area contributed by atoms with Crippen molar-refractivity contribution in [1.29, 1.82) is 0 Å². The Morgan fingerprint density at radius 3 is 3.07 bits per heavy atom. The minimum absolute atomic E-state index is 0.916. The zero-order valence-corrected chi connectivity index (χ0v) is 10.1. The summed E-state index contributed by atoms with van der Waals surface area (Å²) >= 11 is 3.51. The lowest BCUT2D eigenvalue weighted by atomic mass is 10.3. The van der Waals surface area contributed by atoms with Crippen LogP contribution in [0.15, 0.2) is 30.3 Å². The van der Waals surface area contributed by atoms with Gasteiger partial charge in [0.15, 0.2) is 0 Å². The molecule has 0 aliphatic carbocycles. The number of unbranched alkanes of at least 4 members (excludes halogenated alkanes) is 1. The van der Waals surface area contributed by atoms with Gasteiger partial charge < -0.3 is 0 Å². The first-order valence-corrected chi connectivity index (χ1v) is 5.78. The topological polar surface area (TPSA) is 30.7 Å². The molecule has 1 aromatic carbocycles. The lowest BCUT2D eigenvalue weighted by molar-refractivity contribution is 0.849. The van der Waals surface area contributed by atoms with Crippen LogP contribution < -0.4 is 0 Å². The number of hydrogen-bond donors (Lipinski definition) is 0. The minimum atomic E-state index is 0.916. The Morgan fingerprint density at radius 1 is 1.47 bits per heavy atom. The van der Waals surface area contributed by atoms with Crippen LogP contribution in [0.2, 0.25) is 0 Å². The molecule has 0 saturated carbocycles. The highest BCUT2D eigenvalue weighted by atomic mass is 79.9. The van der Waals surface area contributed by atoms with E-state index in [1.807, 2.05) is 28.9 Å². The highest BCUT2D eigenvalue weighted by molar-refractivity contribution is 9.14. The molecule has 0 aliphatic rings. The maximum atomic E-state index is 4.10. The Kier molecular flexibility index (Phi) is 3.16. The van der Waals surface area contributed by atoms with Gasteiger partial charge >= 0.3 is 0 Å². The fourth-order valence-corrected chi connectivity index (χ4v) is 1.87. The number of aromatic nitrogens is 3. The van der Waals surface area contributed by atoms with Gasteiger partial charge in [-0.25, -0.2) is 4.68 Å². The van der Waals surface area contributed by atoms with Gasteiger partial charge in [0.1, 0.15) is 10.1 Å². The second-order valence-corrected chi connectivity index (χ2v) is 4.12. The van der Waals surface area contributed by atoms with Gasteiger partial charge in [-0.2, -0.15) is 0 Å². The minimum Gasteiger partial charge on any atom is -0.206 e. The van der Waals surface area contributed by atoms with E-state index in [4.69, 9.17) is 0 Å². The quantitative estimate of drug-likeness (QED) is 0.852. The molecule has 78 valence electrons. The molecule has 0 aliphatic heterocycles. The van der Waals surface area contributed by atoms with Gasteiger partial charge in [0.2, 0.25) is 0 Å². The predicted octanol–water partition coefficient (Wildman–Crippen LogP) is 3.42. The van der Waals surface area contributed by atoms with Crippen molar-refractivity contribution in [2.24, 2.45) is 0 Å². The van der Waals surface area contributed by atoms with Gasteiger partial charge in [0, 0.05) is 0 Å². The Hall–Kier alpha value is -1.16. The van der Waals surface area contributed by atoms with Crippen molar-refractivity contribution in [1.82, 2.24) is 15.0 Å². The third-order valence-electron chi connectivity index (χ3n) is 2.16. The second-order valence-electron chi connectivity index (χ2n) is 3.31. The van der Waals surface area contributed by atoms with E-state index in [1.165, 1.54) is 0 Å². The van der Waals surface area contributed by atoms with Crippen LogP contribution in [0.4, 0.5) is 0 Å². The SMILES string of the molecule is CCC/C=C(\Br)n1nnc2ccccc21. The van der Waals surface area contributed by atoms with E-state index in [2.05, 4.69) is 39.2 Å². The van der Waals surface area contributed by atoms with E-state index in [1.54, 1.807) is 0 Å². The summed E-state index contributed by atoms with van der Waals surface area (Å²) in [7, 11) is 0. The first-order valence-electron chi connectivity index (χ1n) is 4.99. The van der Waals surface area contributed by atoms with Crippen LogP contribution >= 0.6 is 15.9 Å². The number of fused-ring (bicyclic) bond motifs is 1. The highest BCUT2D eigenvalue weighted by Gasteiger charge is 2.04. The van der Waals surface area contributed by atoms with Crippen molar-refractivity contribution in [2.75, 3.05) is 0 Å². The molecule has 2 rings (SSSR count). The van der Waals surface area contributed by atoms with E-state index in [0.29, 0.717) is 0 Å². The van der Waals surface area contributed by atoms with Crippen LogP contribution in [-0.2, 0) is 0 Å². The molecule has 0 bridgehead atoms. The normalized spacial score (nSPS) is 12.3. The predicted molar refractivity (Wildman–Crippen MR) is 65.6 cm³/mol. The van der Waals surface area contributed by atoms with Gasteiger partial charge in [-0.15, -0.1) is 5.10 Å². The van der Waals surface area contributed by atoms with Crippen LogP contribution in [0.25, 0.3) is 15.6 Å². The number of allylic oxidation sites excluding steroid dienone is 1. The maximum Gasteiger partial charge on any atom is 0.113 e. The van der Waals surface area contributed by atoms with E-state index in [9.17, 15) is 0 Å². The number of halogens is 1. The Bertz CT molecular complexity index is 487. The molecule has 2 aromatic rings. The smallest absolute Gasteiger partial charge is 0.113 e. The van der Waals surface area contributed by atoms with Crippen molar-refractivity contribution in [3.8, 4) is 0 Å². The molecule has 1 aromatic heterocycles. The summed E-state index contributed by atoms with van der Waals surface area (Å²) in [4.78, 5) is 0. The van der Waals surface area contributed by atoms with Crippen LogP contribution in [0.5, 0.6) is 0 Å². The van der Waals surface area contributed by atoms with Crippen LogP contribution in [0.1, 0.15) is 19.8 Å². The van der Waals surface area contributed by atoms with Crippen molar-refractivity contribution >= 4 is 31.6 Å². The third kappa shape index (κ3) is 2.09. The molecule has 0 unspecified atom stereocenters. The largest absolute Gasteiger partial charge is 0.206 e. The fraction of sp³-hybridized carbons (Fsp3) is 0.273. The van der Waals surface area contributed by atoms with E-state index >= 15 is 0 Å². The van der Waals surface area contributed by atoms with Crippen molar-refractivity contribution in [2.45, 2.75) is 19.8 Å². The lowest BCUT2D eigenvalue weighted by Crippen LogP contribution is -1.93. The number of hydrogen-bond acceptors (Lipinski definition) is 2. The van der Waals surface area contributed by atoms with Gasteiger partial charge in [0.25, 0.3) is 0 Å². The highest BCUT2D eigenvalue weighted by Crippen LogP contribution is 2.19. The summed E-state index contributed by atoms with van der Waals surface area (Å²) in [5, 5.41) is 8.19. The summed E-state index contributed by atoms with van der Waals surface area (Å²) in [5.41, 5.74) is 1.94. The maximum absolute atomic E-state index is 4.10. The summed E-state index contributed by atoms with van der Waals surface area (Å²) in [6.07, 6.45) is 4.28. The molecule has 0 fully saturated rings. The van der Waals surface area contributed by atoms with Crippen molar-refractivity contribution in [3.63, 3.8) is 0 Å². The summed E-state index contributed by atoms with van der Waals surface area (Å²) in [5.74, 6) is 0. The molecule has 0 spiro atoms. The monoisotopic (exact) mass is 265 g/mol. The molecule has 4 heteroatoms. The molecule has 0 N–H and O–H groups in total. The van der Waals surface area contributed by atoms with Crippen LogP contribution in [0, 0.1) is 0 Å². The van der Waals surface area contributed by atoms with Gasteiger partial charge in [0.05, 0.1) is 5.52 Å². The summed E-state index contributed by atoms with van der Waals surface area (Å²) in [6, 6.07) is 7.92. The molecular weight excluding hydrogens is 254 g/mol. The molecule has 1 heterocycles. The molecule has 15 heavy (non-hydrogen) atoms. The lowest BCUT2D eigenvalue weighted by Gasteiger charge is -1.99.